The molecule has 0 radical (unpaired) electrons. The topological polar surface area (TPSA) is 89.2 Å². The minimum absolute atomic E-state index is 0.0387. The van der Waals surface area contributed by atoms with Crippen LogP contribution in [-0.4, -0.2) is 47.2 Å². The molecule has 6 rings (SSSR count). The van der Waals surface area contributed by atoms with Crippen molar-refractivity contribution < 1.29 is 28.6 Å². The summed E-state index contributed by atoms with van der Waals surface area (Å²) in [6.45, 7) is 6.02. The Kier molecular flexibility index (Phi) is 6.09. The van der Waals surface area contributed by atoms with Gasteiger partial charge in [0.05, 0.1) is 18.3 Å². The summed E-state index contributed by atoms with van der Waals surface area (Å²) >= 11 is 0. The van der Waals surface area contributed by atoms with Gasteiger partial charge in [-0.2, -0.15) is 0 Å². The first-order valence-corrected chi connectivity index (χ1v) is 13.8. The zero-order valence-electron chi connectivity index (χ0n) is 21.9. The molecular formula is C30H37NO6. The van der Waals surface area contributed by atoms with E-state index in [2.05, 4.69) is 13.0 Å². The Bertz CT molecular complexity index is 1210. The molecule has 2 aromatic rings. The van der Waals surface area contributed by atoms with E-state index in [1.807, 2.05) is 30.0 Å². The number of ether oxygens (including phenoxy) is 2. The van der Waals surface area contributed by atoms with Crippen molar-refractivity contribution in [3.8, 4) is 5.75 Å². The summed E-state index contributed by atoms with van der Waals surface area (Å²) < 4.78 is 19.1. The Morgan fingerprint density at radius 2 is 1.89 bits per heavy atom. The van der Waals surface area contributed by atoms with Crippen LogP contribution in [0.15, 0.2) is 28.7 Å². The fraction of sp³-hybridized carbons (Fsp3) is 0.600. The van der Waals surface area contributed by atoms with Crippen LogP contribution < -0.4 is 4.74 Å². The zero-order valence-corrected chi connectivity index (χ0v) is 21.9. The molecule has 198 valence electrons. The summed E-state index contributed by atoms with van der Waals surface area (Å²) in [5.41, 5.74) is 2.32. The van der Waals surface area contributed by atoms with Crippen LogP contribution in [0.5, 0.6) is 5.75 Å². The largest absolute Gasteiger partial charge is 0.487 e. The number of carbonyl (C=O) groups excluding carboxylic acids is 1. The van der Waals surface area contributed by atoms with Crippen LogP contribution in [-0.2, 0) is 22.4 Å². The van der Waals surface area contributed by atoms with Gasteiger partial charge in [-0.25, -0.2) is 0 Å². The number of likely N-dealkylation sites (tertiary alicyclic amines) is 1. The quantitative estimate of drug-likeness (QED) is 0.589. The molecule has 4 heterocycles. The lowest BCUT2D eigenvalue weighted by molar-refractivity contribution is -0.180. The lowest BCUT2D eigenvalue weighted by atomic mass is 9.63. The molecule has 2 saturated heterocycles. The Balaban J connectivity index is 1.20. The molecule has 37 heavy (non-hydrogen) atoms. The number of fused-ring (bicyclic) bond motifs is 4. The maximum absolute atomic E-state index is 13.6. The predicted octanol–water partition coefficient (Wildman–Crippen LogP) is 5.48. The van der Waals surface area contributed by atoms with E-state index < -0.39 is 11.6 Å². The molecule has 1 spiro atoms. The smallest absolute Gasteiger partial charge is 0.303 e. The molecule has 7 heteroatoms. The molecule has 7 nitrogen and oxygen atoms in total. The Morgan fingerprint density at radius 1 is 1.14 bits per heavy atom. The van der Waals surface area contributed by atoms with Gasteiger partial charge in [0.15, 0.2) is 0 Å². The average molecular weight is 508 g/mol. The third kappa shape index (κ3) is 4.25. The van der Waals surface area contributed by atoms with Gasteiger partial charge in [0.1, 0.15) is 22.9 Å². The lowest BCUT2D eigenvalue weighted by Gasteiger charge is -2.55. The standard InChI is InChI=1S/C30H37NO6/c1-19-26(20-7-3-5-9-23(20)36-19)28(34)31-15-13-30(14-16-31)17-22-27(35-18-30)21-8-4-6-10-24(21)37-29(22,2)12-11-25(32)33/h4,6,8,10,22,27H,3,5,7,9,11-18H2,1-2H3,(H,32,33)/t22-,27+,29+/m1/s1. The van der Waals surface area contributed by atoms with E-state index in [-0.39, 0.29) is 29.8 Å². The number of aliphatic carboxylic acids is 1. The molecule has 1 amide bonds. The van der Waals surface area contributed by atoms with Crippen molar-refractivity contribution in [2.24, 2.45) is 11.3 Å². The molecule has 1 aliphatic carbocycles. The average Bonchev–Trinajstić information content (AvgIpc) is 3.23. The first-order chi connectivity index (χ1) is 17.8. The molecule has 0 unspecified atom stereocenters. The molecule has 3 aliphatic heterocycles. The van der Waals surface area contributed by atoms with Crippen molar-refractivity contribution in [3.05, 3.63) is 52.5 Å². The summed E-state index contributed by atoms with van der Waals surface area (Å²) in [6.07, 6.45) is 7.15. The summed E-state index contributed by atoms with van der Waals surface area (Å²) in [6, 6.07) is 7.98. The first kappa shape index (κ1) is 24.5. The molecule has 2 fully saturated rings. The van der Waals surface area contributed by atoms with E-state index in [0.29, 0.717) is 26.1 Å². The van der Waals surface area contributed by atoms with Crippen LogP contribution in [0, 0.1) is 18.3 Å². The van der Waals surface area contributed by atoms with Gasteiger partial charge in [-0.1, -0.05) is 18.2 Å². The van der Waals surface area contributed by atoms with E-state index in [4.69, 9.17) is 13.9 Å². The van der Waals surface area contributed by atoms with E-state index in [1.165, 1.54) is 0 Å². The van der Waals surface area contributed by atoms with Crippen molar-refractivity contribution in [2.75, 3.05) is 19.7 Å². The number of para-hydroxylation sites is 1. The predicted molar refractivity (Wildman–Crippen MR) is 137 cm³/mol. The number of piperidine rings is 1. The fourth-order valence-electron chi connectivity index (χ4n) is 7.26. The number of carbonyl (C=O) groups is 2. The van der Waals surface area contributed by atoms with E-state index >= 15 is 0 Å². The van der Waals surface area contributed by atoms with E-state index in [1.54, 1.807) is 0 Å². The number of nitrogens with zero attached hydrogens (tertiary/aromatic N) is 1. The van der Waals surface area contributed by atoms with Crippen LogP contribution in [0.25, 0.3) is 0 Å². The third-order valence-electron chi connectivity index (χ3n) is 9.45. The molecule has 1 aromatic heterocycles. The minimum atomic E-state index is -0.810. The van der Waals surface area contributed by atoms with Crippen LogP contribution in [0.4, 0.5) is 0 Å². The highest BCUT2D eigenvalue weighted by molar-refractivity contribution is 5.97. The van der Waals surface area contributed by atoms with Crippen LogP contribution in [0.1, 0.15) is 91.0 Å². The molecule has 0 bridgehead atoms. The lowest BCUT2D eigenvalue weighted by Crippen LogP contribution is -2.56. The van der Waals surface area contributed by atoms with E-state index in [0.717, 1.165) is 78.9 Å². The van der Waals surface area contributed by atoms with Gasteiger partial charge in [-0.05, 0) is 70.3 Å². The number of furan rings is 1. The number of amides is 1. The van der Waals surface area contributed by atoms with Gasteiger partial charge in [-0.15, -0.1) is 0 Å². The van der Waals surface area contributed by atoms with Gasteiger partial charge >= 0.3 is 5.97 Å². The van der Waals surface area contributed by atoms with Gasteiger partial charge < -0.3 is 23.9 Å². The van der Waals surface area contributed by atoms with Gasteiger partial charge in [0.2, 0.25) is 0 Å². The summed E-state index contributed by atoms with van der Waals surface area (Å²) in [5.74, 6) is 1.91. The number of benzene rings is 1. The number of aryl methyl sites for hydroxylation is 2. The maximum Gasteiger partial charge on any atom is 0.303 e. The fourth-order valence-corrected chi connectivity index (χ4v) is 7.26. The van der Waals surface area contributed by atoms with Crippen molar-refractivity contribution in [1.29, 1.82) is 0 Å². The molecule has 1 aromatic carbocycles. The van der Waals surface area contributed by atoms with Crippen LogP contribution in [0.3, 0.4) is 0 Å². The Hall–Kier alpha value is -2.80. The second kappa shape index (κ2) is 9.19. The Labute approximate surface area is 218 Å². The molecule has 3 atom stereocenters. The highest BCUT2D eigenvalue weighted by Gasteiger charge is 2.54. The van der Waals surface area contributed by atoms with Crippen molar-refractivity contribution in [1.82, 2.24) is 4.90 Å². The maximum atomic E-state index is 13.6. The van der Waals surface area contributed by atoms with Crippen molar-refractivity contribution in [2.45, 2.75) is 83.3 Å². The van der Waals surface area contributed by atoms with Crippen molar-refractivity contribution >= 4 is 11.9 Å². The van der Waals surface area contributed by atoms with Gasteiger partial charge in [0.25, 0.3) is 5.91 Å². The Morgan fingerprint density at radius 3 is 2.68 bits per heavy atom. The number of rotatable bonds is 4. The SMILES string of the molecule is Cc1oc2c(c1C(=O)N1CCC3(CC1)CO[C@H]1c4ccccc4O[C@@](C)(CCC(=O)O)[C@@H]1C3)CCCC2. The highest BCUT2D eigenvalue weighted by atomic mass is 16.5. The second-order valence-electron chi connectivity index (χ2n) is 11.8. The minimum Gasteiger partial charge on any atom is -0.487 e. The molecule has 0 saturated carbocycles. The molecule has 4 aliphatic rings. The second-order valence-corrected chi connectivity index (χ2v) is 11.8. The van der Waals surface area contributed by atoms with Crippen molar-refractivity contribution in [3.63, 3.8) is 0 Å². The summed E-state index contributed by atoms with van der Waals surface area (Å²) in [7, 11) is 0. The number of carboxylic acids is 1. The number of carboxylic acid groups (broad SMARTS) is 1. The third-order valence-corrected chi connectivity index (χ3v) is 9.45. The van der Waals surface area contributed by atoms with Gasteiger partial charge in [0, 0.05) is 43.0 Å². The van der Waals surface area contributed by atoms with E-state index in [9.17, 15) is 14.7 Å². The number of hydrogen-bond donors (Lipinski definition) is 1. The normalized spacial score (nSPS) is 28.1. The summed E-state index contributed by atoms with van der Waals surface area (Å²) in [5, 5.41) is 9.41. The monoisotopic (exact) mass is 507 g/mol. The van der Waals surface area contributed by atoms with Crippen LogP contribution >= 0.6 is 0 Å². The van der Waals surface area contributed by atoms with Crippen LogP contribution in [0.2, 0.25) is 0 Å². The highest BCUT2D eigenvalue weighted by Crippen LogP contribution is 2.56. The molecule has 1 N–H and O–H groups in total. The number of hydrogen-bond acceptors (Lipinski definition) is 5. The first-order valence-electron chi connectivity index (χ1n) is 13.8. The van der Waals surface area contributed by atoms with Gasteiger partial charge in [-0.3, -0.25) is 9.59 Å². The summed E-state index contributed by atoms with van der Waals surface area (Å²) in [4.78, 5) is 27.1. The molecular weight excluding hydrogens is 470 g/mol. The zero-order chi connectivity index (χ0) is 25.8.